The summed E-state index contributed by atoms with van der Waals surface area (Å²) in [6.07, 6.45) is 1.18. The van der Waals surface area contributed by atoms with Gasteiger partial charge in [0.25, 0.3) is 0 Å². The van der Waals surface area contributed by atoms with Crippen LogP contribution in [0.5, 0.6) is 11.5 Å². The first-order chi connectivity index (χ1) is 10.1. The van der Waals surface area contributed by atoms with E-state index in [9.17, 15) is 8.42 Å². The van der Waals surface area contributed by atoms with Crippen LogP contribution in [0.3, 0.4) is 0 Å². The fraction of sp³-hybridized carbons (Fsp3) is 0.294. The zero-order valence-electron chi connectivity index (χ0n) is 13.3. The molecule has 0 aliphatic heterocycles. The summed E-state index contributed by atoms with van der Waals surface area (Å²) in [5, 5.41) is 0. The van der Waals surface area contributed by atoms with E-state index in [1.54, 1.807) is 12.1 Å². The van der Waals surface area contributed by atoms with E-state index < -0.39 is 9.84 Å². The molecular weight excluding hydrogens is 284 g/mol. The molecule has 2 aromatic carbocycles. The Bertz CT molecular complexity index is 588. The molecule has 0 N–H and O–H groups in total. The number of para-hydroxylation sites is 1. The Balaban J connectivity index is 0.000000921. The zero-order chi connectivity index (χ0) is 16.3. The number of hydrogen-bond donors (Lipinski definition) is 0. The Morgan fingerprint density at radius 2 is 1.14 bits per heavy atom. The van der Waals surface area contributed by atoms with Gasteiger partial charge >= 0.3 is 0 Å². The Hall–Kier alpha value is -1.81. The first-order valence-electron chi connectivity index (χ1n) is 7.09. The smallest absolute Gasteiger partial charge is 0.175 e. The van der Waals surface area contributed by atoms with Crippen molar-refractivity contribution in [1.29, 1.82) is 0 Å². The summed E-state index contributed by atoms with van der Waals surface area (Å²) < 4.78 is 28.1. The number of hydrogen-bond acceptors (Lipinski definition) is 3. The van der Waals surface area contributed by atoms with Gasteiger partial charge in [0.15, 0.2) is 9.84 Å². The van der Waals surface area contributed by atoms with Crippen molar-refractivity contribution in [2.75, 3.05) is 6.26 Å². The molecule has 0 unspecified atom stereocenters. The summed E-state index contributed by atoms with van der Waals surface area (Å²) >= 11 is 0. The molecule has 21 heavy (non-hydrogen) atoms. The van der Waals surface area contributed by atoms with E-state index in [4.69, 9.17) is 4.74 Å². The summed E-state index contributed by atoms with van der Waals surface area (Å²) in [7, 11) is -3.15. The highest BCUT2D eigenvalue weighted by Gasteiger charge is 2.06. The van der Waals surface area contributed by atoms with Crippen LogP contribution in [0.15, 0.2) is 59.5 Å². The molecule has 0 saturated carbocycles. The van der Waals surface area contributed by atoms with Gasteiger partial charge in [0.1, 0.15) is 11.5 Å². The van der Waals surface area contributed by atoms with Crippen molar-refractivity contribution in [3.63, 3.8) is 0 Å². The maximum Gasteiger partial charge on any atom is 0.175 e. The monoisotopic (exact) mass is 308 g/mol. The minimum Gasteiger partial charge on any atom is -0.457 e. The van der Waals surface area contributed by atoms with Crippen LogP contribution >= 0.6 is 0 Å². The van der Waals surface area contributed by atoms with Crippen molar-refractivity contribution in [1.82, 2.24) is 0 Å². The van der Waals surface area contributed by atoms with Gasteiger partial charge in [-0.2, -0.15) is 0 Å². The van der Waals surface area contributed by atoms with Gasteiger partial charge in [0.05, 0.1) is 4.90 Å². The lowest BCUT2D eigenvalue weighted by Crippen LogP contribution is -1.96. The summed E-state index contributed by atoms with van der Waals surface area (Å²) in [6, 6.07) is 15.7. The predicted octanol–water partition coefficient (Wildman–Crippen LogP) is 4.93. The average Bonchev–Trinajstić information content (AvgIpc) is 2.52. The molecule has 0 saturated heterocycles. The molecule has 2 rings (SSSR count). The number of sulfone groups is 1. The zero-order valence-corrected chi connectivity index (χ0v) is 14.1. The van der Waals surface area contributed by atoms with Crippen molar-refractivity contribution in [3.05, 3.63) is 54.6 Å². The molecule has 0 fully saturated rings. The summed E-state index contributed by atoms with van der Waals surface area (Å²) in [6.45, 7) is 8.00. The molecule has 0 spiro atoms. The topological polar surface area (TPSA) is 43.4 Å². The molecule has 0 radical (unpaired) electrons. The van der Waals surface area contributed by atoms with Gasteiger partial charge in [-0.3, -0.25) is 0 Å². The maximum absolute atomic E-state index is 11.3. The van der Waals surface area contributed by atoms with Gasteiger partial charge in [-0.25, -0.2) is 8.42 Å². The molecular formula is C17H24O3S. The maximum atomic E-state index is 11.3. The highest BCUT2D eigenvalue weighted by Crippen LogP contribution is 2.22. The molecule has 0 aromatic heterocycles. The lowest BCUT2D eigenvalue weighted by atomic mass is 10.3. The highest BCUT2D eigenvalue weighted by molar-refractivity contribution is 7.90. The van der Waals surface area contributed by atoms with Gasteiger partial charge in [0, 0.05) is 6.26 Å². The Morgan fingerprint density at radius 3 is 1.57 bits per heavy atom. The number of benzene rings is 2. The number of rotatable bonds is 3. The lowest BCUT2D eigenvalue weighted by molar-refractivity contribution is 0.482. The summed E-state index contributed by atoms with van der Waals surface area (Å²) in [5.41, 5.74) is 0. The van der Waals surface area contributed by atoms with E-state index in [-0.39, 0.29) is 4.90 Å². The lowest BCUT2D eigenvalue weighted by Gasteiger charge is -2.05. The van der Waals surface area contributed by atoms with Crippen molar-refractivity contribution < 1.29 is 13.2 Å². The molecule has 0 amide bonds. The van der Waals surface area contributed by atoms with E-state index in [1.807, 2.05) is 58.0 Å². The van der Waals surface area contributed by atoms with Crippen molar-refractivity contribution >= 4 is 9.84 Å². The molecule has 0 atom stereocenters. The van der Waals surface area contributed by atoms with Gasteiger partial charge in [-0.05, 0) is 36.4 Å². The minimum atomic E-state index is -3.15. The van der Waals surface area contributed by atoms with Gasteiger partial charge in [0.2, 0.25) is 0 Å². The van der Waals surface area contributed by atoms with Crippen LogP contribution in [0.2, 0.25) is 0 Å². The van der Waals surface area contributed by atoms with Crippen LogP contribution in [-0.2, 0) is 9.84 Å². The van der Waals surface area contributed by atoms with E-state index in [1.165, 1.54) is 18.4 Å². The molecule has 0 aliphatic rings. The number of ether oxygens (including phenoxy) is 1. The van der Waals surface area contributed by atoms with E-state index in [2.05, 4.69) is 0 Å². The molecule has 0 heterocycles. The second-order valence-corrected chi connectivity index (χ2v) is 5.67. The third-order valence-electron chi connectivity index (χ3n) is 2.23. The Morgan fingerprint density at radius 1 is 0.714 bits per heavy atom. The van der Waals surface area contributed by atoms with E-state index in [0.717, 1.165) is 5.75 Å². The quantitative estimate of drug-likeness (QED) is 0.807. The van der Waals surface area contributed by atoms with Gasteiger partial charge < -0.3 is 4.74 Å². The molecule has 2 aromatic rings. The molecule has 3 nitrogen and oxygen atoms in total. The van der Waals surface area contributed by atoms with Crippen LogP contribution in [0.1, 0.15) is 27.7 Å². The molecule has 0 aliphatic carbocycles. The standard InChI is InChI=1S/C13H12O3S.2C2H6/c1-17(14,15)13-9-7-12(8-10-13)16-11-5-3-2-4-6-11;2*1-2/h2-10H,1H3;2*1-2H3. The molecule has 0 bridgehead atoms. The SMILES string of the molecule is CC.CC.CS(=O)(=O)c1ccc(Oc2ccccc2)cc1. The van der Waals surface area contributed by atoms with Crippen molar-refractivity contribution in [2.24, 2.45) is 0 Å². The van der Waals surface area contributed by atoms with Crippen LogP contribution in [-0.4, -0.2) is 14.7 Å². The van der Waals surface area contributed by atoms with Crippen LogP contribution in [0.25, 0.3) is 0 Å². The highest BCUT2D eigenvalue weighted by atomic mass is 32.2. The largest absolute Gasteiger partial charge is 0.457 e. The fourth-order valence-corrected chi connectivity index (χ4v) is 2.01. The normalized spacial score (nSPS) is 9.57. The first-order valence-corrected chi connectivity index (χ1v) is 8.98. The predicted molar refractivity (Wildman–Crippen MR) is 88.8 cm³/mol. The Labute approximate surface area is 128 Å². The van der Waals surface area contributed by atoms with Crippen LogP contribution in [0, 0.1) is 0 Å². The minimum absolute atomic E-state index is 0.290. The molecule has 4 heteroatoms. The third kappa shape index (κ3) is 6.95. The van der Waals surface area contributed by atoms with E-state index >= 15 is 0 Å². The summed E-state index contributed by atoms with van der Waals surface area (Å²) in [4.78, 5) is 0.290. The van der Waals surface area contributed by atoms with Crippen molar-refractivity contribution in [3.8, 4) is 11.5 Å². The average molecular weight is 308 g/mol. The second-order valence-electron chi connectivity index (χ2n) is 3.66. The third-order valence-corrected chi connectivity index (χ3v) is 3.36. The second kappa shape index (κ2) is 10.00. The van der Waals surface area contributed by atoms with E-state index in [0.29, 0.717) is 5.75 Å². The van der Waals surface area contributed by atoms with Crippen molar-refractivity contribution in [2.45, 2.75) is 32.6 Å². The first kappa shape index (κ1) is 19.2. The Kier molecular flexibility index (Phi) is 9.13. The molecule has 116 valence electrons. The summed E-state index contributed by atoms with van der Waals surface area (Å²) in [5.74, 6) is 1.34. The van der Waals surface area contributed by atoms with Gasteiger partial charge in [-0.15, -0.1) is 0 Å². The fourth-order valence-electron chi connectivity index (χ4n) is 1.38. The van der Waals surface area contributed by atoms with Crippen LogP contribution < -0.4 is 4.74 Å². The van der Waals surface area contributed by atoms with Gasteiger partial charge in [-0.1, -0.05) is 45.9 Å². The van der Waals surface area contributed by atoms with Crippen LogP contribution in [0.4, 0.5) is 0 Å².